The Hall–Kier alpha value is -3.48. The molecule has 1 aliphatic carbocycles. The summed E-state index contributed by atoms with van der Waals surface area (Å²) in [6.45, 7) is 8.19. The van der Waals surface area contributed by atoms with Crippen molar-refractivity contribution in [2.75, 3.05) is 5.32 Å². The van der Waals surface area contributed by atoms with Gasteiger partial charge in [-0.25, -0.2) is 4.99 Å². The molecule has 0 saturated heterocycles. The molecule has 190 valence electrons. The van der Waals surface area contributed by atoms with Crippen LogP contribution in [0.15, 0.2) is 57.2 Å². The highest BCUT2D eigenvalue weighted by Crippen LogP contribution is 2.45. The molecule has 9 heteroatoms. The van der Waals surface area contributed by atoms with E-state index in [9.17, 15) is 20.2 Å². The van der Waals surface area contributed by atoms with E-state index in [2.05, 4.69) is 37.1 Å². The second-order valence-corrected chi connectivity index (χ2v) is 12.3. The van der Waals surface area contributed by atoms with Gasteiger partial charge in [0.2, 0.25) is 5.91 Å². The fraction of sp³-hybridized carbons (Fsp3) is 0.321. The molecule has 37 heavy (non-hydrogen) atoms. The monoisotopic (exact) mass is 532 g/mol. The third kappa shape index (κ3) is 6.09. The number of thiophene rings is 1. The van der Waals surface area contributed by atoms with Crippen LogP contribution in [0.2, 0.25) is 0 Å². The number of fused-ring (bicyclic) bond motifs is 1. The molecule has 0 bridgehead atoms. The summed E-state index contributed by atoms with van der Waals surface area (Å²) in [7, 11) is 0. The number of benzene rings is 2. The Morgan fingerprint density at radius 2 is 2.03 bits per heavy atom. The van der Waals surface area contributed by atoms with E-state index in [1.807, 2.05) is 6.07 Å². The average Bonchev–Trinajstić information content (AvgIpc) is 3.20. The summed E-state index contributed by atoms with van der Waals surface area (Å²) in [5.74, 6) is 0.348. The van der Waals surface area contributed by atoms with Gasteiger partial charge in [0.25, 0.3) is 5.69 Å². The molecule has 3 aromatic rings. The number of amides is 1. The van der Waals surface area contributed by atoms with Crippen molar-refractivity contribution in [3.8, 4) is 6.07 Å². The Bertz CT molecular complexity index is 1430. The van der Waals surface area contributed by atoms with Crippen molar-refractivity contribution in [1.29, 1.82) is 5.26 Å². The minimum absolute atomic E-state index is 0.0504. The van der Waals surface area contributed by atoms with E-state index >= 15 is 0 Å². The van der Waals surface area contributed by atoms with Gasteiger partial charge in [-0.15, -0.1) is 11.3 Å². The largest absolute Gasteiger partial charge is 0.325 e. The summed E-state index contributed by atoms with van der Waals surface area (Å²) in [5, 5.41) is 25.1. The van der Waals surface area contributed by atoms with Crippen molar-refractivity contribution in [3.05, 3.63) is 74.1 Å². The molecule has 1 amide bonds. The first kappa shape index (κ1) is 26.6. The zero-order valence-electron chi connectivity index (χ0n) is 21.2. The molecular weight excluding hydrogens is 504 g/mol. The predicted molar refractivity (Wildman–Crippen MR) is 149 cm³/mol. The van der Waals surface area contributed by atoms with Crippen LogP contribution in [0.3, 0.4) is 0 Å². The van der Waals surface area contributed by atoms with Crippen molar-refractivity contribution in [3.63, 3.8) is 0 Å². The van der Waals surface area contributed by atoms with Crippen molar-refractivity contribution >= 4 is 51.6 Å². The van der Waals surface area contributed by atoms with Gasteiger partial charge in [-0.1, -0.05) is 50.7 Å². The van der Waals surface area contributed by atoms with E-state index in [4.69, 9.17) is 0 Å². The number of para-hydroxylation sites is 1. The molecule has 4 rings (SSSR count). The summed E-state index contributed by atoms with van der Waals surface area (Å²) in [6, 6.07) is 14.5. The Labute approximate surface area is 224 Å². The predicted octanol–water partition coefficient (Wildman–Crippen LogP) is 7.54. The number of hydrogen-bond donors (Lipinski definition) is 1. The van der Waals surface area contributed by atoms with Crippen LogP contribution in [0.1, 0.15) is 55.7 Å². The molecule has 1 aromatic heterocycles. The number of nitrogens with zero attached hydrogens (tertiary/aromatic N) is 3. The van der Waals surface area contributed by atoms with Crippen molar-refractivity contribution in [2.24, 2.45) is 16.3 Å². The van der Waals surface area contributed by atoms with Gasteiger partial charge < -0.3 is 5.32 Å². The number of hydrogen-bond acceptors (Lipinski definition) is 7. The third-order valence-electron chi connectivity index (χ3n) is 6.51. The van der Waals surface area contributed by atoms with Crippen LogP contribution in [0.25, 0.3) is 0 Å². The molecule has 1 atom stereocenters. The summed E-state index contributed by atoms with van der Waals surface area (Å²) in [6.07, 6.45) is 4.47. The van der Waals surface area contributed by atoms with Crippen LogP contribution in [-0.4, -0.2) is 17.0 Å². The Morgan fingerprint density at radius 3 is 2.70 bits per heavy atom. The van der Waals surface area contributed by atoms with Gasteiger partial charge in [0, 0.05) is 29.0 Å². The van der Waals surface area contributed by atoms with E-state index in [-0.39, 0.29) is 17.0 Å². The first-order chi connectivity index (χ1) is 17.6. The molecule has 0 fully saturated rings. The molecule has 0 unspecified atom stereocenters. The first-order valence-electron chi connectivity index (χ1n) is 12.0. The van der Waals surface area contributed by atoms with Crippen LogP contribution in [0, 0.1) is 32.8 Å². The maximum absolute atomic E-state index is 11.9. The minimum atomic E-state index is -0.419. The van der Waals surface area contributed by atoms with Gasteiger partial charge in [0.05, 0.1) is 21.1 Å². The number of carbonyl (C=O) groups excluding carboxylic acids is 1. The van der Waals surface area contributed by atoms with E-state index in [1.165, 1.54) is 29.6 Å². The van der Waals surface area contributed by atoms with E-state index in [0.717, 1.165) is 24.8 Å². The lowest BCUT2D eigenvalue weighted by molar-refractivity contribution is -0.387. The van der Waals surface area contributed by atoms with Gasteiger partial charge >= 0.3 is 0 Å². The maximum Gasteiger partial charge on any atom is 0.283 e. The molecule has 2 aromatic carbocycles. The molecule has 7 nitrogen and oxygen atoms in total. The molecular formula is C28H28N4O3S2. The van der Waals surface area contributed by atoms with E-state index < -0.39 is 4.92 Å². The first-order valence-corrected chi connectivity index (χ1v) is 13.6. The summed E-state index contributed by atoms with van der Waals surface area (Å²) >= 11 is 2.77. The number of rotatable bonds is 6. The summed E-state index contributed by atoms with van der Waals surface area (Å²) in [4.78, 5) is 30.0. The number of aliphatic imine (C=N–C) groups is 1. The van der Waals surface area contributed by atoms with Gasteiger partial charge in [0.15, 0.2) is 0 Å². The van der Waals surface area contributed by atoms with Crippen LogP contribution in [0.5, 0.6) is 0 Å². The normalized spacial score (nSPS) is 15.3. The number of anilines is 1. The molecule has 0 spiro atoms. The topological polar surface area (TPSA) is 108 Å². The van der Waals surface area contributed by atoms with Gasteiger partial charge in [-0.05, 0) is 59.9 Å². The minimum Gasteiger partial charge on any atom is -0.325 e. The molecule has 0 aliphatic heterocycles. The smallest absolute Gasteiger partial charge is 0.283 e. The molecule has 1 aliphatic rings. The van der Waals surface area contributed by atoms with Gasteiger partial charge in [-0.3, -0.25) is 14.9 Å². The lowest BCUT2D eigenvalue weighted by atomic mass is 9.72. The summed E-state index contributed by atoms with van der Waals surface area (Å²) in [5.41, 5.74) is 3.06. The highest BCUT2D eigenvalue weighted by Gasteiger charge is 2.32. The second kappa shape index (κ2) is 10.9. The van der Waals surface area contributed by atoms with E-state index in [0.29, 0.717) is 37.5 Å². The molecule has 0 radical (unpaired) electrons. The van der Waals surface area contributed by atoms with Crippen molar-refractivity contribution in [2.45, 2.75) is 56.7 Å². The third-order valence-corrected chi connectivity index (χ3v) is 8.81. The number of nitrogens with one attached hydrogen (secondary N) is 1. The quantitative estimate of drug-likeness (QED) is 0.200. The SMILES string of the molecule is CC(=O)Nc1ccccc1Sc1ccc(C=Nc2sc3c(c2C#N)CC[C@H](C(C)(C)C)C3)cc1[N+](=O)[O-]. The van der Waals surface area contributed by atoms with Crippen LogP contribution >= 0.6 is 23.1 Å². The average molecular weight is 533 g/mol. The highest BCUT2D eigenvalue weighted by atomic mass is 32.2. The van der Waals surface area contributed by atoms with Crippen molar-refractivity contribution in [1.82, 2.24) is 0 Å². The summed E-state index contributed by atoms with van der Waals surface area (Å²) < 4.78 is 0. The lowest BCUT2D eigenvalue weighted by Gasteiger charge is -2.33. The number of nitro benzene ring substituents is 1. The lowest BCUT2D eigenvalue weighted by Crippen LogP contribution is -2.26. The molecule has 1 N–H and O–H groups in total. The Kier molecular flexibility index (Phi) is 7.81. The van der Waals surface area contributed by atoms with Gasteiger partial charge in [-0.2, -0.15) is 5.26 Å². The Balaban J connectivity index is 1.61. The standard InChI is InChI=1S/C28H28N4O3S2/c1-17(33)31-22-7-5-6-8-24(22)36-25-12-9-18(13-23(25)32(34)35)16-30-27-21(15-29)20-11-10-19(28(2,3)4)14-26(20)37-27/h5-9,12-13,16,19H,10-11,14H2,1-4H3,(H,31,33)/t19-/m0/s1. The highest BCUT2D eigenvalue weighted by molar-refractivity contribution is 7.99. The number of nitro groups is 1. The maximum atomic E-state index is 11.9. The Morgan fingerprint density at radius 1 is 1.27 bits per heavy atom. The van der Waals surface area contributed by atoms with Crippen LogP contribution in [0.4, 0.5) is 16.4 Å². The fourth-order valence-electron chi connectivity index (χ4n) is 4.46. The van der Waals surface area contributed by atoms with Crippen LogP contribution in [-0.2, 0) is 17.6 Å². The van der Waals surface area contributed by atoms with Crippen LogP contribution < -0.4 is 5.32 Å². The van der Waals surface area contributed by atoms with E-state index in [1.54, 1.807) is 47.9 Å². The van der Waals surface area contributed by atoms with Gasteiger partial charge in [0.1, 0.15) is 11.1 Å². The fourth-order valence-corrected chi connectivity index (χ4v) is 6.67. The second-order valence-electron chi connectivity index (χ2n) is 10.1. The zero-order valence-corrected chi connectivity index (χ0v) is 22.8. The number of nitriles is 1. The molecule has 0 saturated carbocycles. The van der Waals surface area contributed by atoms with Crippen molar-refractivity contribution < 1.29 is 9.72 Å². The molecule has 1 heterocycles. The zero-order chi connectivity index (χ0) is 26.7. The number of carbonyl (C=O) groups is 1.